The van der Waals surface area contributed by atoms with Crippen LogP contribution in [0, 0.1) is 0 Å². The van der Waals surface area contributed by atoms with Crippen LogP contribution in [-0.2, 0) is 19.1 Å². The zero-order chi connectivity index (χ0) is 15.2. The van der Waals surface area contributed by atoms with Crippen molar-refractivity contribution in [3.05, 3.63) is 30.3 Å². The number of carbonyl (C=O) groups excluding carboxylic acids is 3. The first-order valence-electron chi connectivity index (χ1n) is 6.45. The van der Waals surface area contributed by atoms with E-state index in [9.17, 15) is 14.4 Å². The average Bonchev–Trinajstić information content (AvgIpc) is 2.49. The van der Waals surface area contributed by atoms with E-state index in [0.717, 1.165) is 0 Å². The number of hydrogen-bond acceptors (Lipinski definition) is 5. The van der Waals surface area contributed by atoms with Gasteiger partial charge in [-0.15, -0.1) is 11.8 Å². The number of rotatable bonds is 4. The molecule has 6 nitrogen and oxygen atoms in total. The van der Waals surface area contributed by atoms with Crippen LogP contribution in [0.5, 0.6) is 0 Å². The van der Waals surface area contributed by atoms with E-state index in [1.807, 2.05) is 18.2 Å². The minimum absolute atomic E-state index is 0.0687. The molecule has 7 heteroatoms. The third-order valence-electron chi connectivity index (χ3n) is 2.99. The van der Waals surface area contributed by atoms with Crippen LogP contribution in [0.2, 0.25) is 0 Å². The summed E-state index contributed by atoms with van der Waals surface area (Å²) in [6.07, 6.45) is 0.0687. The van der Waals surface area contributed by atoms with Gasteiger partial charge in [-0.3, -0.25) is 9.59 Å². The van der Waals surface area contributed by atoms with Gasteiger partial charge in [0.1, 0.15) is 6.04 Å². The van der Waals surface area contributed by atoms with E-state index in [1.165, 1.54) is 18.9 Å². The highest BCUT2D eigenvalue weighted by molar-refractivity contribution is 8.00. The lowest BCUT2D eigenvalue weighted by Crippen LogP contribution is -2.51. The molecule has 1 aliphatic heterocycles. The second-order valence-electron chi connectivity index (χ2n) is 4.52. The zero-order valence-corrected chi connectivity index (χ0v) is 12.3. The van der Waals surface area contributed by atoms with Crippen LogP contribution in [0.25, 0.3) is 0 Å². The molecule has 1 aromatic carbocycles. The highest BCUT2D eigenvalue weighted by atomic mass is 32.2. The molecule has 0 unspecified atom stereocenters. The number of carbonyl (C=O) groups is 3. The molecule has 0 aliphatic carbocycles. The summed E-state index contributed by atoms with van der Waals surface area (Å²) < 4.78 is 4.59. The van der Waals surface area contributed by atoms with Crippen molar-refractivity contribution in [3.8, 4) is 0 Å². The summed E-state index contributed by atoms with van der Waals surface area (Å²) >= 11 is 1.29. The largest absolute Gasteiger partial charge is 0.467 e. The minimum Gasteiger partial charge on any atom is -0.467 e. The quantitative estimate of drug-likeness (QED) is 0.803. The summed E-state index contributed by atoms with van der Waals surface area (Å²) in [5, 5.41) is 4.81. The van der Waals surface area contributed by atoms with E-state index in [2.05, 4.69) is 15.4 Å². The fraction of sp³-hybridized carbons (Fsp3) is 0.357. The third-order valence-corrected chi connectivity index (χ3v) is 4.30. The van der Waals surface area contributed by atoms with E-state index in [1.54, 1.807) is 12.1 Å². The van der Waals surface area contributed by atoms with Crippen molar-refractivity contribution in [1.29, 1.82) is 0 Å². The zero-order valence-electron chi connectivity index (χ0n) is 11.5. The Hall–Kier alpha value is -2.02. The molecule has 2 atom stereocenters. The molecule has 1 fully saturated rings. The molecule has 1 heterocycles. The maximum atomic E-state index is 11.9. The molecule has 0 bridgehead atoms. The lowest BCUT2D eigenvalue weighted by molar-refractivity contribution is -0.144. The number of nitrogens with one attached hydrogen (secondary N) is 2. The molecule has 1 saturated heterocycles. The Morgan fingerprint density at radius 2 is 2.10 bits per heavy atom. The Kier molecular flexibility index (Phi) is 5.21. The summed E-state index contributed by atoms with van der Waals surface area (Å²) in [5.74, 6) is -0.611. The smallest absolute Gasteiger partial charge is 0.329 e. The van der Waals surface area contributed by atoms with Crippen LogP contribution in [0.4, 0.5) is 5.69 Å². The Morgan fingerprint density at radius 3 is 2.71 bits per heavy atom. The van der Waals surface area contributed by atoms with Crippen LogP contribution < -0.4 is 10.6 Å². The summed E-state index contributed by atoms with van der Waals surface area (Å²) in [6.45, 7) is 0. The first kappa shape index (κ1) is 15.4. The molecule has 21 heavy (non-hydrogen) atoms. The number of methoxy groups -OCH3 is 1. The molecule has 2 rings (SSSR count). The van der Waals surface area contributed by atoms with Gasteiger partial charge in [-0.1, -0.05) is 18.2 Å². The van der Waals surface area contributed by atoms with E-state index in [-0.39, 0.29) is 18.2 Å². The normalized spacial score (nSPS) is 21.3. The lowest BCUT2D eigenvalue weighted by Gasteiger charge is -2.26. The van der Waals surface area contributed by atoms with Gasteiger partial charge in [0.15, 0.2) is 0 Å². The minimum atomic E-state index is -0.638. The second-order valence-corrected chi connectivity index (χ2v) is 5.76. The van der Waals surface area contributed by atoms with Crippen LogP contribution >= 0.6 is 11.8 Å². The van der Waals surface area contributed by atoms with Crippen LogP contribution in [-0.4, -0.2) is 41.9 Å². The van der Waals surface area contributed by atoms with Gasteiger partial charge in [-0.25, -0.2) is 4.79 Å². The van der Waals surface area contributed by atoms with E-state index < -0.39 is 17.3 Å². The number of anilines is 1. The van der Waals surface area contributed by atoms with Crippen LogP contribution in [0.3, 0.4) is 0 Å². The highest BCUT2D eigenvalue weighted by Crippen LogP contribution is 2.22. The number of benzene rings is 1. The van der Waals surface area contributed by atoms with Crippen molar-refractivity contribution in [3.63, 3.8) is 0 Å². The number of ether oxygens (including phenoxy) is 1. The molecule has 112 valence electrons. The van der Waals surface area contributed by atoms with Crippen molar-refractivity contribution in [1.82, 2.24) is 5.32 Å². The molecule has 0 aromatic heterocycles. The average molecular weight is 308 g/mol. The van der Waals surface area contributed by atoms with Crippen molar-refractivity contribution < 1.29 is 19.1 Å². The first-order valence-corrected chi connectivity index (χ1v) is 7.49. The van der Waals surface area contributed by atoms with Crippen LogP contribution in [0.15, 0.2) is 30.3 Å². The Balaban J connectivity index is 1.85. The molecule has 2 N–H and O–H groups in total. The third kappa shape index (κ3) is 4.22. The van der Waals surface area contributed by atoms with Crippen molar-refractivity contribution in [2.75, 3.05) is 18.2 Å². The standard InChI is InChI=1S/C14H16N2O4S/c1-20-14(19)10-8-21-11(13(18)16-10)7-12(17)15-9-5-3-2-4-6-9/h2-6,10-11H,7-8H2,1H3,(H,15,17)(H,16,18)/t10-,11-/m1/s1. The predicted octanol–water partition coefficient (Wildman–Crippen LogP) is 0.788. The fourth-order valence-corrected chi connectivity index (χ4v) is 3.05. The molecule has 1 aromatic rings. The van der Waals surface area contributed by atoms with Crippen molar-refractivity contribution >= 4 is 35.2 Å². The number of amides is 2. The lowest BCUT2D eigenvalue weighted by atomic mass is 10.2. The SMILES string of the molecule is COC(=O)[C@H]1CS[C@H](CC(=O)Nc2ccccc2)C(=O)N1. The Morgan fingerprint density at radius 1 is 1.38 bits per heavy atom. The molecular formula is C14H16N2O4S. The van der Waals surface area contributed by atoms with Gasteiger partial charge in [-0.05, 0) is 12.1 Å². The predicted molar refractivity (Wildman–Crippen MR) is 79.9 cm³/mol. The van der Waals surface area contributed by atoms with Crippen LogP contribution in [0.1, 0.15) is 6.42 Å². The summed E-state index contributed by atoms with van der Waals surface area (Å²) in [4.78, 5) is 35.1. The van der Waals surface area contributed by atoms with Gasteiger partial charge in [-0.2, -0.15) is 0 Å². The summed E-state index contributed by atoms with van der Waals surface area (Å²) in [7, 11) is 1.28. The monoisotopic (exact) mass is 308 g/mol. The van der Waals surface area contributed by atoms with E-state index in [4.69, 9.17) is 0 Å². The molecule has 0 spiro atoms. The summed E-state index contributed by atoms with van der Waals surface area (Å²) in [5.41, 5.74) is 0.691. The molecule has 0 saturated carbocycles. The molecule has 1 aliphatic rings. The molecule has 0 radical (unpaired) electrons. The number of hydrogen-bond donors (Lipinski definition) is 2. The van der Waals surface area contributed by atoms with Gasteiger partial charge in [0.25, 0.3) is 0 Å². The topological polar surface area (TPSA) is 84.5 Å². The maximum absolute atomic E-state index is 11.9. The number of thioether (sulfide) groups is 1. The number of esters is 1. The van der Waals surface area contributed by atoms with Gasteiger partial charge < -0.3 is 15.4 Å². The highest BCUT2D eigenvalue weighted by Gasteiger charge is 2.33. The Labute approximate surface area is 126 Å². The van der Waals surface area contributed by atoms with E-state index >= 15 is 0 Å². The van der Waals surface area contributed by atoms with Crippen molar-refractivity contribution in [2.24, 2.45) is 0 Å². The van der Waals surface area contributed by atoms with E-state index in [0.29, 0.717) is 11.4 Å². The molecule has 2 amide bonds. The second kappa shape index (κ2) is 7.12. The number of para-hydroxylation sites is 1. The van der Waals surface area contributed by atoms with Gasteiger partial charge >= 0.3 is 5.97 Å². The Bertz CT molecular complexity index is 535. The summed E-state index contributed by atoms with van der Waals surface area (Å²) in [6, 6.07) is 8.41. The van der Waals surface area contributed by atoms with Gasteiger partial charge in [0.05, 0.1) is 12.4 Å². The maximum Gasteiger partial charge on any atom is 0.329 e. The fourth-order valence-electron chi connectivity index (χ4n) is 1.92. The van der Waals surface area contributed by atoms with Gasteiger partial charge in [0, 0.05) is 17.9 Å². The molecular weight excluding hydrogens is 292 g/mol. The first-order chi connectivity index (χ1) is 10.1. The van der Waals surface area contributed by atoms with Gasteiger partial charge in [0.2, 0.25) is 11.8 Å². The van der Waals surface area contributed by atoms with Crippen molar-refractivity contribution in [2.45, 2.75) is 17.7 Å².